The van der Waals surface area contributed by atoms with E-state index in [1.807, 2.05) is 0 Å². The zero-order chi connectivity index (χ0) is 12.3. The normalized spacial score (nSPS) is 20.1. The van der Waals surface area contributed by atoms with Gasteiger partial charge < -0.3 is 10.6 Å². The molecular formula is C12H14ClFN2O. The molecule has 0 radical (unpaired) electrons. The quantitative estimate of drug-likeness (QED) is 0.867. The molecule has 1 unspecified atom stereocenters. The standard InChI is InChI=1S/C12H14ClFN2O/c13-10-4-3-9(14)6-8(10)7-16-11-2-1-5-15-12(11)17/h3-4,6,11,16H,1-2,5,7H2,(H,15,17). The second-order valence-corrected chi connectivity index (χ2v) is 4.51. The van der Waals surface area contributed by atoms with E-state index < -0.39 is 0 Å². The molecule has 5 heteroatoms. The average molecular weight is 257 g/mol. The molecule has 0 spiro atoms. The van der Waals surface area contributed by atoms with Crippen LogP contribution in [0.25, 0.3) is 0 Å². The van der Waals surface area contributed by atoms with E-state index in [2.05, 4.69) is 10.6 Å². The molecule has 1 saturated heterocycles. The van der Waals surface area contributed by atoms with Crippen LogP contribution in [0.2, 0.25) is 5.02 Å². The average Bonchev–Trinajstić information content (AvgIpc) is 2.32. The maximum absolute atomic E-state index is 13.0. The summed E-state index contributed by atoms with van der Waals surface area (Å²) in [5.41, 5.74) is 0.671. The fraction of sp³-hybridized carbons (Fsp3) is 0.417. The van der Waals surface area contributed by atoms with Crippen molar-refractivity contribution in [1.29, 1.82) is 0 Å². The Bertz CT molecular complexity index is 425. The third-order valence-electron chi connectivity index (χ3n) is 2.83. The van der Waals surface area contributed by atoms with Crippen molar-refractivity contribution in [2.45, 2.75) is 25.4 Å². The minimum Gasteiger partial charge on any atom is -0.355 e. The fourth-order valence-electron chi connectivity index (χ4n) is 1.88. The number of hydrogen-bond donors (Lipinski definition) is 2. The van der Waals surface area contributed by atoms with Crippen LogP contribution < -0.4 is 10.6 Å². The molecule has 1 atom stereocenters. The van der Waals surface area contributed by atoms with Crippen LogP contribution in [0.1, 0.15) is 18.4 Å². The van der Waals surface area contributed by atoms with Crippen LogP contribution in [0.5, 0.6) is 0 Å². The summed E-state index contributed by atoms with van der Waals surface area (Å²) in [5, 5.41) is 6.39. The lowest BCUT2D eigenvalue weighted by Crippen LogP contribution is -2.47. The highest BCUT2D eigenvalue weighted by Crippen LogP contribution is 2.17. The predicted molar refractivity (Wildman–Crippen MR) is 64.3 cm³/mol. The van der Waals surface area contributed by atoms with Gasteiger partial charge in [0.25, 0.3) is 0 Å². The Labute approximate surface area is 104 Å². The lowest BCUT2D eigenvalue weighted by atomic mass is 10.1. The zero-order valence-electron chi connectivity index (χ0n) is 9.30. The van der Waals surface area contributed by atoms with E-state index in [9.17, 15) is 9.18 Å². The van der Waals surface area contributed by atoms with Crippen molar-refractivity contribution < 1.29 is 9.18 Å². The van der Waals surface area contributed by atoms with Crippen LogP contribution in [-0.4, -0.2) is 18.5 Å². The third-order valence-corrected chi connectivity index (χ3v) is 3.20. The number of rotatable bonds is 3. The van der Waals surface area contributed by atoms with Gasteiger partial charge in [-0.05, 0) is 36.6 Å². The molecule has 1 amide bonds. The molecule has 3 nitrogen and oxygen atoms in total. The van der Waals surface area contributed by atoms with Crippen molar-refractivity contribution in [2.24, 2.45) is 0 Å². The molecular weight excluding hydrogens is 243 g/mol. The van der Waals surface area contributed by atoms with Gasteiger partial charge in [-0.2, -0.15) is 0 Å². The van der Waals surface area contributed by atoms with Crippen molar-refractivity contribution in [3.63, 3.8) is 0 Å². The zero-order valence-corrected chi connectivity index (χ0v) is 10.1. The number of amides is 1. The Balaban J connectivity index is 1.97. The Morgan fingerprint density at radius 2 is 2.35 bits per heavy atom. The molecule has 1 heterocycles. The summed E-state index contributed by atoms with van der Waals surface area (Å²) in [6.07, 6.45) is 1.76. The number of nitrogens with one attached hydrogen (secondary N) is 2. The van der Waals surface area contributed by atoms with E-state index in [1.165, 1.54) is 18.2 Å². The topological polar surface area (TPSA) is 41.1 Å². The molecule has 1 aromatic carbocycles. The highest BCUT2D eigenvalue weighted by atomic mass is 35.5. The summed E-state index contributed by atoms with van der Waals surface area (Å²) in [4.78, 5) is 11.5. The van der Waals surface area contributed by atoms with Gasteiger partial charge in [0.05, 0.1) is 6.04 Å². The molecule has 17 heavy (non-hydrogen) atoms. The van der Waals surface area contributed by atoms with Crippen LogP contribution in [0.15, 0.2) is 18.2 Å². The first kappa shape index (κ1) is 12.3. The van der Waals surface area contributed by atoms with Crippen LogP contribution in [0, 0.1) is 5.82 Å². The summed E-state index contributed by atoms with van der Waals surface area (Å²) in [6, 6.07) is 4.02. The molecule has 0 aliphatic carbocycles. The van der Waals surface area contributed by atoms with Gasteiger partial charge >= 0.3 is 0 Å². The van der Waals surface area contributed by atoms with Crippen molar-refractivity contribution in [3.8, 4) is 0 Å². The van der Waals surface area contributed by atoms with Crippen molar-refractivity contribution in [3.05, 3.63) is 34.6 Å². The minimum atomic E-state index is -0.320. The van der Waals surface area contributed by atoms with Crippen molar-refractivity contribution in [1.82, 2.24) is 10.6 Å². The van der Waals surface area contributed by atoms with Gasteiger partial charge in [0.15, 0.2) is 0 Å². The van der Waals surface area contributed by atoms with Gasteiger partial charge in [0.2, 0.25) is 5.91 Å². The van der Waals surface area contributed by atoms with Gasteiger partial charge in [0.1, 0.15) is 5.82 Å². The maximum atomic E-state index is 13.0. The molecule has 1 aromatic rings. The predicted octanol–water partition coefficient (Wildman–Crippen LogP) is 1.85. The van der Waals surface area contributed by atoms with Crippen molar-refractivity contribution in [2.75, 3.05) is 6.54 Å². The molecule has 0 aromatic heterocycles. The molecule has 2 rings (SSSR count). The second-order valence-electron chi connectivity index (χ2n) is 4.10. The molecule has 0 saturated carbocycles. The second kappa shape index (κ2) is 5.47. The molecule has 2 N–H and O–H groups in total. The van der Waals surface area contributed by atoms with Gasteiger partial charge in [-0.3, -0.25) is 4.79 Å². The molecule has 1 fully saturated rings. The smallest absolute Gasteiger partial charge is 0.237 e. The van der Waals surface area contributed by atoms with Crippen molar-refractivity contribution >= 4 is 17.5 Å². The summed E-state index contributed by atoms with van der Waals surface area (Å²) in [6.45, 7) is 1.13. The number of carbonyl (C=O) groups excluding carboxylic acids is 1. The van der Waals surface area contributed by atoms with Crippen LogP contribution in [0.3, 0.4) is 0 Å². The Kier molecular flexibility index (Phi) is 3.97. The summed E-state index contributed by atoms with van der Waals surface area (Å²) in [5.74, 6) is -0.317. The maximum Gasteiger partial charge on any atom is 0.237 e. The van der Waals surface area contributed by atoms with Gasteiger partial charge in [0, 0.05) is 18.1 Å². The van der Waals surface area contributed by atoms with E-state index in [4.69, 9.17) is 11.6 Å². The number of carbonyl (C=O) groups is 1. The Morgan fingerprint density at radius 1 is 1.53 bits per heavy atom. The van der Waals surface area contributed by atoms with Crippen LogP contribution >= 0.6 is 11.6 Å². The summed E-state index contributed by atoms with van der Waals surface area (Å²) >= 11 is 5.94. The first-order valence-corrected chi connectivity index (χ1v) is 5.99. The molecule has 1 aliphatic heterocycles. The highest BCUT2D eigenvalue weighted by molar-refractivity contribution is 6.31. The van der Waals surface area contributed by atoms with E-state index in [-0.39, 0.29) is 17.8 Å². The SMILES string of the molecule is O=C1NCCCC1NCc1cc(F)ccc1Cl. The summed E-state index contributed by atoms with van der Waals surface area (Å²) < 4.78 is 13.0. The fourth-order valence-corrected chi connectivity index (χ4v) is 2.06. The van der Waals surface area contributed by atoms with E-state index in [0.717, 1.165) is 19.4 Å². The monoisotopic (exact) mass is 256 g/mol. The van der Waals surface area contributed by atoms with Crippen LogP contribution in [0.4, 0.5) is 4.39 Å². The number of piperidine rings is 1. The third kappa shape index (κ3) is 3.17. The number of hydrogen-bond acceptors (Lipinski definition) is 2. The summed E-state index contributed by atoms with van der Waals surface area (Å²) in [7, 11) is 0. The molecule has 92 valence electrons. The van der Waals surface area contributed by atoms with E-state index >= 15 is 0 Å². The lowest BCUT2D eigenvalue weighted by Gasteiger charge is -2.23. The van der Waals surface area contributed by atoms with E-state index in [1.54, 1.807) is 0 Å². The number of halogens is 2. The van der Waals surface area contributed by atoms with Gasteiger partial charge in [-0.1, -0.05) is 11.6 Å². The lowest BCUT2D eigenvalue weighted by molar-refractivity contribution is -0.124. The minimum absolute atomic E-state index is 0.00350. The Morgan fingerprint density at radius 3 is 3.12 bits per heavy atom. The molecule has 1 aliphatic rings. The number of benzene rings is 1. The Hall–Kier alpha value is -1.13. The first-order chi connectivity index (χ1) is 8.16. The van der Waals surface area contributed by atoms with E-state index in [0.29, 0.717) is 17.1 Å². The highest BCUT2D eigenvalue weighted by Gasteiger charge is 2.21. The van der Waals surface area contributed by atoms with Gasteiger partial charge in [-0.25, -0.2) is 4.39 Å². The van der Waals surface area contributed by atoms with Gasteiger partial charge in [-0.15, -0.1) is 0 Å². The molecule has 0 bridgehead atoms. The van der Waals surface area contributed by atoms with Crippen LogP contribution in [-0.2, 0) is 11.3 Å². The largest absolute Gasteiger partial charge is 0.355 e. The first-order valence-electron chi connectivity index (χ1n) is 5.62.